The van der Waals surface area contributed by atoms with Gasteiger partial charge in [0.05, 0.1) is 0 Å². The number of rotatable bonds is 3. The molecule has 3 rings (SSSR count). The van der Waals surface area contributed by atoms with Gasteiger partial charge in [-0.3, -0.25) is 9.20 Å². The van der Waals surface area contributed by atoms with Gasteiger partial charge in [-0.15, -0.1) is 11.3 Å². The van der Waals surface area contributed by atoms with Crippen molar-refractivity contribution < 1.29 is 9.18 Å². The number of nitrogens with one attached hydrogen (secondary N) is 1. The van der Waals surface area contributed by atoms with Crippen LogP contribution in [0.3, 0.4) is 0 Å². The molecule has 3 aromatic rings. The summed E-state index contributed by atoms with van der Waals surface area (Å²) >= 11 is 1.47. The molecule has 1 N–H and O–H groups in total. The van der Waals surface area contributed by atoms with Crippen LogP contribution in [0.25, 0.3) is 16.2 Å². The maximum Gasteiger partial charge on any atom is 0.249 e. The van der Waals surface area contributed by atoms with Crippen LogP contribution >= 0.6 is 11.3 Å². The van der Waals surface area contributed by atoms with E-state index in [1.54, 1.807) is 12.1 Å². The number of nitrogens with zero attached hydrogens (tertiary/aromatic N) is 2. The Morgan fingerprint density at radius 1 is 1.32 bits per heavy atom. The van der Waals surface area contributed by atoms with Gasteiger partial charge in [-0.05, 0) is 38.1 Å². The molecule has 0 spiro atoms. The molecule has 4 nitrogen and oxygen atoms in total. The lowest BCUT2D eigenvalue weighted by molar-refractivity contribution is -0.112. The fraction of sp³-hybridized carbons (Fsp3) is 0.125. The highest BCUT2D eigenvalue weighted by Gasteiger charge is 2.16. The summed E-state index contributed by atoms with van der Waals surface area (Å²) in [5.41, 5.74) is 2.29. The molecule has 0 bridgehead atoms. The van der Waals surface area contributed by atoms with E-state index in [2.05, 4.69) is 10.3 Å². The number of allylic oxidation sites excluding steroid dienone is 1. The number of hydrogen-bond acceptors (Lipinski definition) is 3. The number of amides is 1. The van der Waals surface area contributed by atoms with Crippen LogP contribution < -0.4 is 5.32 Å². The highest BCUT2D eigenvalue weighted by atomic mass is 32.1. The average molecular weight is 315 g/mol. The summed E-state index contributed by atoms with van der Waals surface area (Å²) in [5.74, 6) is 0.0709. The van der Waals surface area contributed by atoms with E-state index in [1.165, 1.54) is 29.5 Å². The van der Waals surface area contributed by atoms with Crippen LogP contribution in [0, 0.1) is 5.82 Å². The van der Waals surface area contributed by atoms with Gasteiger partial charge in [-0.25, -0.2) is 9.37 Å². The van der Waals surface area contributed by atoms with Crippen molar-refractivity contribution in [1.82, 2.24) is 9.38 Å². The number of aromatic nitrogens is 2. The molecular weight excluding hydrogens is 301 g/mol. The Bertz CT molecular complexity index is 857. The Balaban J connectivity index is 2.08. The lowest BCUT2D eigenvalue weighted by atomic mass is 10.1. The second-order valence-electron chi connectivity index (χ2n) is 5.08. The van der Waals surface area contributed by atoms with Crippen LogP contribution in [0.4, 0.5) is 10.2 Å². The summed E-state index contributed by atoms with van der Waals surface area (Å²) < 4.78 is 14.9. The topological polar surface area (TPSA) is 46.4 Å². The molecule has 0 aliphatic heterocycles. The normalized spacial score (nSPS) is 10.7. The fourth-order valence-corrected chi connectivity index (χ4v) is 2.84. The number of carbonyl (C=O) groups excluding carboxylic acids is 1. The maximum atomic E-state index is 13.1. The minimum absolute atomic E-state index is 0.212. The summed E-state index contributed by atoms with van der Waals surface area (Å²) in [6.45, 7) is 3.72. The van der Waals surface area contributed by atoms with Gasteiger partial charge in [-0.2, -0.15) is 0 Å². The van der Waals surface area contributed by atoms with Crippen molar-refractivity contribution in [2.75, 3.05) is 5.32 Å². The SMILES string of the molecule is CC(C)=CC(=O)Nc1c(-c2ccc(F)cc2)nc2sccn12. The Hall–Kier alpha value is -2.47. The molecule has 6 heteroatoms. The summed E-state index contributed by atoms with van der Waals surface area (Å²) in [4.78, 5) is 17.3. The molecule has 0 unspecified atom stereocenters. The van der Waals surface area contributed by atoms with Crippen LogP contribution in [-0.4, -0.2) is 15.3 Å². The van der Waals surface area contributed by atoms with Gasteiger partial charge in [0.15, 0.2) is 4.96 Å². The number of hydrogen-bond donors (Lipinski definition) is 1. The second kappa shape index (κ2) is 5.73. The molecule has 112 valence electrons. The number of anilines is 1. The monoisotopic (exact) mass is 315 g/mol. The van der Waals surface area contributed by atoms with Crippen molar-refractivity contribution >= 4 is 28.0 Å². The predicted octanol–water partition coefficient (Wildman–Crippen LogP) is 4.11. The van der Waals surface area contributed by atoms with E-state index in [4.69, 9.17) is 0 Å². The zero-order chi connectivity index (χ0) is 15.7. The van der Waals surface area contributed by atoms with Crippen LogP contribution in [0.1, 0.15) is 13.8 Å². The van der Waals surface area contributed by atoms with Crippen molar-refractivity contribution in [3.63, 3.8) is 0 Å². The molecule has 0 saturated carbocycles. The van der Waals surface area contributed by atoms with E-state index in [0.29, 0.717) is 11.5 Å². The fourth-order valence-electron chi connectivity index (χ4n) is 2.13. The first-order valence-electron chi connectivity index (χ1n) is 6.72. The smallest absolute Gasteiger partial charge is 0.249 e. The summed E-state index contributed by atoms with van der Waals surface area (Å²) in [7, 11) is 0. The van der Waals surface area contributed by atoms with Crippen LogP contribution in [0.5, 0.6) is 0 Å². The first-order valence-corrected chi connectivity index (χ1v) is 7.60. The average Bonchev–Trinajstić information content (AvgIpc) is 3.02. The van der Waals surface area contributed by atoms with Crippen LogP contribution in [0.15, 0.2) is 47.5 Å². The molecule has 1 aromatic carbocycles. The summed E-state index contributed by atoms with van der Waals surface area (Å²) in [6, 6.07) is 6.06. The molecule has 0 atom stereocenters. The molecule has 1 amide bonds. The van der Waals surface area contributed by atoms with Gasteiger partial charge in [-0.1, -0.05) is 5.57 Å². The number of carbonyl (C=O) groups is 1. The molecule has 2 heterocycles. The third-order valence-corrected chi connectivity index (χ3v) is 3.80. The molecule has 0 aliphatic carbocycles. The van der Waals surface area contributed by atoms with Crippen molar-refractivity contribution in [1.29, 1.82) is 0 Å². The minimum Gasteiger partial charge on any atom is -0.306 e. The van der Waals surface area contributed by atoms with Crippen molar-refractivity contribution in [2.45, 2.75) is 13.8 Å². The largest absolute Gasteiger partial charge is 0.306 e. The van der Waals surface area contributed by atoms with Gasteiger partial charge >= 0.3 is 0 Å². The molecule has 0 aliphatic rings. The van der Waals surface area contributed by atoms with E-state index in [0.717, 1.165) is 16.1 Å². The quantitative estimate of drug-likeness (QED) is 0.739. The van der Waals surface area contributed by atoms with Gasteiger partial charge in [0, 0.05) is 23.2 Å². The molecule has 2 aromatic heterocycles. The van der Waals surface area contributed by atoms with E-state index >= 15 is 0 Å². The van der Waals surface area contributed by atoms with E-state index in [9.17, 15) is 9.18 Å². The van der Waals surface area contributed by atoms with Crippen molar-refractivity contribution in [3.05, 3.63) is 53.3 Å². The number of thiazole rings is 1. The minimum atomic E-state index is -0.306. The number of benzene rings is 1. The van der Waals surface area contributed by atoms with Crippen LogP contribution in [0.2, 0.25) is 0 Å². The number of imidazole rings is 1. The number of halogens is 1. The van der Waals surface area contributed by atoms with Gasteiger partial charge in [0.2, 0.25) is 5.91 Å². The molecule has 0 fully saturated rings. The standard InChI is InChI=1S/C16H14FN3OS/c1-10(2)9-13(21)18-15-14(11-3-5-12(17)6-4-11)19-16-20(15)7-8-22-16/h3-9H,1-2H3,(H,18,21). The lowest BCUT2D eigenvalue weighted by Gasteiger charge is -2.05. The molecule has 22 heavy (non-hydrogen) atoms. The third kappa shape index (κ3) is 2.78. The highest BCUT2D eigenvalue weighted by molar-refractivity contribution is 7.15. The zero-order valence-corrected chi connectivity index (χ0v) is 12.9. The summed E-state index contributed by atoms with van der Waals surface area (Å²) in [5, 5.41) is 4.76. The highest BCUT2D eigenvalue weighted by Crippen LogP contribution is 2.30. The first kappa shape index (κ1) is 14.5. The van der Waals surface area contributed by atoms with Crippen molar-refractivity contribution in [2.24, 2.45) is 0 Å². The first-order chi connectivity index (χ1) is 10.5. The number of fused-ring (bicyclic) bond motifs is 1. The Kier molecular flexibility index (Phi) is 3.77. The van der Waals surface area contributed by atoms with Gasteiger partial charge < -0.3 is 5.32 Å². The molecule has 0 saturated heterocycles. The predicted molar refractivity (Wildman–Crippen MR) is 86.5 cm³/mol. The van der Waals surface area contributed by atoms with Gasteiger partial charge in [0.25, 0.3) is 0 Å². The summed E-state index contributed by atoms with van der Waals surface area (Å²) in [6.07, 6.45) is 3.37. The lowest BCUT2D eigenvalue weighted by Crippen LogP contribution is -2.10. The molecule has 0 radical (unpaired) electrons. The Labute approximate surface area is 130 Å². The van der Waals surface area contributed by atoms with Crippen LogP contribution in [-0.2, 0) is 4.79 Å². The van der Waals surface area contributed by atoms with E-state index in [1.807, 2.05) is 29.8 Å². The second-order valence-corrected chi connectivity index (χ2v) is 5.96. The van der Waals surface area contributed by atoms with E-state index in [-0.39, 0.29) is 11.7 Å². The maximum absolute atomic E-state index is 13.1. The third-order valence-electron chi connectivity index (χ3n) is 3.04. The van der Waals surface area contributed by atoms with Gasteiger partial charge in [0.1, 0.15) is 17.3 Å². The Morgan fingerprint density at radius 3 is 2.73 bits per heavy atom. The molecular formula is C16H14FN3OS. The van der Waals surface area contributed by atoms with Crippen molar-refractivity contribution in [3.8, 4) is 11.3 Å². The Morgan fingerprint density at radius 2 is 2.05 bits per heavy atom. The van der Waals surface area contributed by atoms with E-state index < -0.39 is 0 Å². The zero-order valence-electron chi connectivity index (χ0n) is 12.1.